The fourth-order valence-corrected chi connectivity index (χ4v) is 4.90. The summed E-state index contributed by atoms with van der Waals surface area (Å²) in [5.74, 6) is 0.764. The van der Waals surface area contributed by atoms with Crippen molar-refractivity contribution in [2.24, 2.45) is 0 Å². The molecular formula is C22H20FN7S. The zero-order valence-electron chi connectivity index (χ0n) is 16.7. The van der Waals surface area contributed by atoms with Gasteiger partial charge in [0.2, 0.25) is 10.1 Å². The van der Waals surface area contributed by atoms with Crippen molar-refractivity contribution in [3.8, 4) is 11.3 Å². The van der Waals surface area contributed by atoms with E-state index in [2.05, 4.69) is 25.8 Å². The fourth-order valence-electron chi connectivity index (χ4n) is 3.97. The Balaban J connectivity index is 1.12. The predicted molar refractivity (Wildman–Crippen MR) is 120 cm³/mol. The van der Waals surface area contributed by atoms with E-state index in [0.717, 1.165) is 70.9 Å². The van der Waals surface area contributed by atoms with E-state index in [1.807, 2.05) is 28.9 Å². The second kappa shape index (κ2) is 7.44. The number of piperazine rings is 1. The van der Waals surface area contributed by atoms with Crippen molar-refractivity contribution < 1.29 is 4.39 Å². The van der Waals surface area contributed by atoms with Crippen LogP contribution in [-0.2, 0) is 6.54 Å². The molecule has 1 fully saturated rings. The van der Waals surface area contributed by atoms with Gasteiger partial charge in [0, 0.05) is 31.7 Å². The third-order valence-electron chi connectivity index (χ3n) is 5.63. The van der Waals surface area contributed by atoms with Crippen LogP contribution in [0.4, 0.5) is 9.52 Å². The van der Waals surface area contributed by atoms with Crippen LogP contribution >= 0.6 is 11.3 Å². The number of imidazole rings is 2. The van der Waals surface area contributed by atoms with Gasteiger partial charge in [0.25, 0.3) is 0 Å². The summed E-state index contributed by atoms with van der Waals surface area (Å²) in [5, 5.41) is 5.71. The summed E-state index contributed by atoms with van der Waals surface area (Å²) in [5.41, 5.74) is 3.80. The van der Waals surface area contributed by atoms with Gasteiger partial charge in [-0.05, 0) is 36.4 Å². The first kappa shape index (κ1) is 18.5. The summed E-state index contributed by atoms with van der Waals surface area (Å²) in [7, 11) is 0. The van der Waals surface area contributed by atoms with Crippen LogP contribution in [0.15, 0.2) is 54.7 Å². The standard InChI is InChI=1S/C22H20FN7S/c23-16-7-5-15(6-8-16)19-13-30-21(26-19)31-22(27-30)29-11-9-28(10-12-29)14-20-24-17-3-1-2-4-18(17)25-20/h1-8,13H,9-12,14H2,(H,24,25). The average molecular weight is 434 g/mol. The van der Waals surface area contributed by atoms with Crippen LogP contribution in [0.2, 0.25) is 0 Å². The predicted octanol–water partition coefficient (Wildman–Crippen LogP) is 3.80. The Labute approximate surface area is 181 Å². The molecule has 31 heavy (non-hydrogen) atoms. The molecule has 9 heteroatoms. The maximum Gasteiger partial charge on any atom is 0.214 e. The Morgan fingerprint density at radius 2 is 1.77 bits per heavy atom. The van der Waals surface area contributed by atoms with E-state index in [9.17, 15) is 4.39 Å². The molecule has 0 amide bonds. The minimum absolute atomic E-state index is 0.246. The number of hydrogen-bond donors (Lipinski definition) is 1. The second-order valence-electron chi connectivity index (χ2n) is 7.71. The number of H-pyrrole nitrogens is 1. The molecule has 6 rings (SSSR count). The molecule has 0 atom stereocenters. The molecule has 1 aliphatic rings. The molecule has 0 saturated carbocycles. The Morgan fingerprint density at radius 1 is 0.968 bits per heavy atom. The van der Waals surface area contributed by atoms with Crippen LogP contribution in [0, 0.1) is 5.82 Å². The van der Waals surface area contributed by atoms with E-state index in [4.69, 9.17) is 10.1 Å². The van der Waals surface area contributed by atoms with Crippen LogP contribution < -0.4 is 4.90 Å². The highest BCUT2D eigenvalue weighted by atomic mass is 32.1. The molecule has 2 aromatic carbocycles. The van der Waals surface area contributed by atoms with Gasteiger partial charge in [-0.25, -0.2) is 18.9 Å². The number of nitrogens with one attached hydrogen (secondary N) is 1. The van der Waals surface area contributed by atoms with Gasteiger partial charge in [0.05, 0.1) is 29.5 Å². The highest BCUT2D eigenvalue weighted by molar-refractivity contribution is 7.20. The lowest BCUT2D eigenvalue weighted by molar-refractivity contribution is 0.244. The summed E-state index contributed by atoms with van der Waals surface area (Å²) in [6, 6.07) is 14.5. The number of nitrogens with zero attached hydrogens (tertiary/aromatic N) is 6. The summed E-state index contributed by atoms with van der Waals surface area (Å²) in [4.78, 5) is 18.3. The first-order chi connectivity index (χ1) is 15.2. The molecule has 1 aliphatic heterocycles. The first-order valence-corrected chi connectivity index (χ1v) is 11.1. The van der Waals surface area contributed by atoms with Crippen LogP contribution in [0.25, 0.3) is 27.3 Å². The van der Waals surface area contributed by atoms with Crippen molar-refractivity contribution in [2.75, 3.05) is 31.1 Å². The lowest BCUT2D eigenvalue weighted by Crippen LogP contribution is -2.46. The first-order valence-electron chi connectivity index (χ1n) is 10.2. The van der Waals surface area contributed by atoms with Gasteiger partial charge in [0.1, 0.15) is 11.6 Å². The van der Waals surface area contributed by atoms with E-state index in [1.54, 1.807) is 23.5 Å². The molecule has 0 spiro atoms. The summed E-state index contributed by atoms with van der Waals surface area (Å²) in [6.07, 6.45) is 1.90. The third kappa shape index (κ3) is 3.55. The highest BCUT2D eigenvalue weighted by Crippen LogP contribution is 2.27. The monoisotopic (exact) mass is 433 g/mol. The number of anilines is 1. The minimum Gasteiger partial charge on any atom is -0.344 e. The third-order valence-corrected chi connectivity index (χ3v) is 6.61. The lowest BCUT2D eigenvalue weighted by Gasteiger charge is -2.33. The van der Waals surface area contributed by atoms with E-state index in [0.29, 0.717) is 0 Å². The van der Waals surface area contributed by atoms with Crippen LogP contribution in [0.1, 0.15) is 5.82 Å². The van der Waals surface area contributed by atoms with Crippen molar-refractivity contribution in [1.29, 1.82) is 0 Å². The van der Waals surface area contributed by atoms with Gasteiger partial charge in [-0.1, -0.05) is 23.5 Å². The molecule has 5 aromatic rings. The van der Waals surface area contributed by atoms with Crippen molar-refractivity contribution in [2.45, 2.75) is 6.54 Å². The highest BCUT2D eigenvalue weighted by Gasteiger charge is 2.21. The number of aromatic amines is 1. The second-order valence-corrected chi connectivity index (χ2v) is 8.64. The molecule has 0 aliphatic carbocycles. The zero-order valence-corrected chi connectivity index (χ0v) is 17.5. The molecule has 4 heterocycles. The molecule has 1 saturated heterocycles. The van der Waals surface area contributed by atoms with Gasteiger partial charge < -0.3 is 9.88 Å². The molecule has 3 aromatic heterocycles. The van der Waals surface area contributed by atoms with Gasteiger partial charge >= 0.3 is 0 Å². The summed E-state index contributed by atoms with van der Waals surface area (Å²) in [6.45, 7) is 4.58. The maximum absolute atomic E-state index is 13.2. The Bertz CT molecular complexity index is 1280. The van der Waals surface area contributed by atoms with Gasteiger partial charge in [-0.3, -0.25) is 4.90 Å². The van der Waals surface area contributed by atoms with Crippen molar-refractivity contribution in [1.82, 2.24) is 29.5 Å². The Hall–Kier alpha value is -3.30. The Morgan fingerprint density at radius 3 is 2.55 bits per heavy atom. The molecule has 1 N–H and O–H groups in total. The normalized spacial score (nSPS) is 15.3. The van der Waals surface area contributed by atoms with Crippen LogP contribution in [0.3, 0.4) is 0 Å². The van der Waals surface area contributed by atoms with E-state index in [1.165, 1.54) is 12.1 Å². The number of rotatable bonds is 4. The summed E-state index contributed by atoms with van der Waals surface area (Å²) < 4.78 is 15.0. The minimum atomic E-state index is -0.246. The number of halogens is 1. The van der Waals surface area contributed by atoms with Crippen molar-refractivity contribution >= 4 is 32.5 Å². The average Bonchev–Trinajstić information content (AvgIpc) is 3.47. The fraction of sp³-hybridized carbons (Fsp3) is 0.227. The number of fused-ring (bicyclic) bond motifs is 2. The number of benzene rings is 2. The smallest absolute Gasteiger partial charge is 0.214 e. The van der Waals surface area contributed by atoms with Crippen LogP contribution in [0.5, 0.6) is 0 Å². The summed E-state index contributed by atoms with van der Waals surface area (Å²) >= 11 is 1.59. The number of hydrogen-bond acceptors (Lipinski definition) is 6. The maximum atomic E-state index is 13.2. The van der Waals surface area contributed by atoms with Crippen LogP contribution in [-0.4, -0.2) is 55.6 Å². The lowest BCUT2D eigenvalue weighted by atomic mass is 10.2. The quantitative estimate of drug-likeness (QED) is 0.467. The topological polar surface area (TPSA) is 65.3 Å². The molecule has 7 nitrogen and oxygen atoms in total. The Kier molecular flexibility index (Phi) is 4.43. The zero-order chi connectivity index (χ0) is 20.8. The van der Waals surface area contributed by atoms with Crippen molar-refractivity contribution in [3.05, 3.63) is 66.4 Å². The molecular weight excluding hydrogens is 413 g/mol. The number of aromatic nitrogens is 5. The molecule has 0 unspecified atom stereocenters. The van der Waals surface area contributed by atoms with E-state index < -0.39 is 0 Å². The SMILES string of the molecule is Fc1ccc(-c2cn3nc(N4CCN(Cc5nc6ccccc6[nH]5)CC4)sc3n2)cc1. The van der Waals surface area contributed by atoms with Crippen molar-refractivity contribution in [3.63, 3.8) is 0 Å². The van der Waals surface area contributed by atoms with E-state index >= 15 is 0 Å². The van der Waals surface area contributed by atoms with Gasteiger partial charge in [-0.15, -0.1) is 5.10 Å². The van der Waals surface area contributed by atoms with E-state index in [-0.39, 0.29) is 5.82 Å². The van der Waals surface area contributed by atoms with Gasteiger partial charge in [-0.2, -0.15) is 0 Å². The number of para-hydroxylation sites is 2. The largest absolute Gasteiger partial charge is 0.344 e. The molecule has 156 valence electrons. The van der Waals surface area contributed by atoms with Gasteiger partial charge in [0.15, 0.2) is 0 Å². The molecule has 0 radical (unpaired) electrons. The molecule has 0 bridgehead atoms.